The smallest absolute Gasteiger partial charge is 0.131 e. The number of nitrogens with two attached hydrogens (primary N) is 1. The van der Waals surface area contributed by atoms with Crippen molar-refractivity contribution >= 4 is 16.9 Å². The SMILES string of the molecule is COc1ccc(Cn2cnc3c(-c4cccnc4N)cccc32)cc1. The molecule has 0 aliphatic heterocycles. The van der Waals surface area contributed by atoms with Crippen molar-refractivity contribution in [1.82, 2.24) is 14.5 Å². The average molecular weight is 330 g/mol. The Morgan fingerprint density at radius 3 is 2.52 bits per heavy atom. The van der Waals surface area contributed by atoms with Crippen molar-refractivity contribution in [1.29, 1.82) is 0 Å². The number of anilines is 1. The molecule has 2 N–H and O–H groups in total. The van der Waals surface area contributed by atoms with Crippen LogP contribution in [-0.4, -0.2) is 21.6 Å². The van der Waals surface area contributed by atoms with Crippen LogP contribution in [0.5, 0.6) is 5.75 Å². The van der Waals surface area contributed by atoms with Gasteiger partial charge < -0.3 is 15.0 Å². The number of aromatic nitrogens is 3. The summed E-state index contributed by atoms with van der Waals surface area (Å²) in [5, 5.41) is 0. The second-order valence-corrected chi connectivity index (χ2v) is 5.83. The number of methoxy groups -OCH3 is 1. The van der Waals surface area contributed by atoms with E-state index in [0.29, 0.717) is 5.82 Å². The molecule has 5 nitrogen and oxygen atoms in total. The maximum atomic E-state index is 6.04. The van der Waals surface area contributed by atoms with Gasteiger partial charge in [0.25, 0.3) is 0 Å². The van der Waals surface area contributed by atoms with Gasteiger partial charge in [-0.05, 0) is 35.9 Å². The van der Waals surface area contributed by atoms with Gasteiger partial charge in [-0.15, -0.1) is 0 Å². The van der Waals surface area contributed by atoms with E-state index in [2.05, 4.69) is 32.7 Å². The lowest BCUT2D eigenvalue weighted by atomic mass is 10.0. The first-order valence-electron chi connectivity index (χ1n) is 8.04. The molecule has 25 heavy (non-hydrogen) atoms. The highest BCUT2D eigenvalue weighted by Crippen LogP contribution is 2.30. The van der Waals surface area contributed by atoms with Crippen molar-refractivity contribution in [2.45, 2.75) is 6.54 Å². The fourth-order valence-electron chi connectivity index (χ4n) is 3.00. The number of benzene rings is 2. The molecule has 2 heterocycles. The molecular formula is C20H18N4O. The summed E-state index contributed by atoms with van der Waals surface area (Å²) in [5.41, 5.74) is 11.1. The van der Waals surface area contributed by atoms with Crippen LogP contribution in [0, 0.1) is 0 Å². The van der Waals surface area contributed by atoms with E-state index in [1.54, 1.807) is 13.3 Å². The van der Waals surface area contributed by atoms with Crippen molar-refractivity contribution in [2.75, 3.05) is 12.8 Å². The van der Waals surface area contributed by atoms with Gasteiger partial charge in [0.1, 0.15) is 11.6 Å². The van der Waals surface area contributed by atoms with Gasteiger partial charge in [0.15, 0.2) is 0 Å². The summed E-state index contributed by atoms with van der Waals surface area (Å²) in [4.78, 5) is 8.81. The molecule has 0 atom stereocenters. The normalized spacial score (nSPS) is 10.9. The maximum absolute atomic E-state index is 6.04. The van der Waals surface area contributed by atoms with E-state index in [1.165, 1.54) is 5.56 Å². The Balaban J connectivity index is 1.75. The van der Waals surface area contributed by atoms with E-state index in [9.17, 15) is 0 Å². The van der Waals surface area contributed by atoms with E-state index in [0.717, 1.165) is 34.5 Å². The molecule has 124 valence electrons. The minimum Gasteiger partial charge on any atom is -0.497 e. The molecule has 2 aromatic carbocycles. The summed E-state index contributed by atoms with van der Waals surface area (Å²) in [7, 11) is 1.67. The lowest BCUT2D eigenvalue weighted by Gasteiger charge is -2.08. The molecule has 2 aromatic heterocycles. The highest BCUT2D eigenvalue weighted by molar-refractivity contribution is 5.94. The molecule has 0 saturated carbocycles. The molecule has 0 aliphatic carbocycles. The molecule has 4 rings (SSSR count). The van der Waals surface area contributed by atoms with Gasteiger partial charge in [-0.3, -0.25) is 0 Å². The second kappa shape index (κ2) is 6.28. The summed E-state index contributed by atoms with van der Waals surface area (Å²) >= 11 is 0. The van der Waals surface area contributed by atoms with Gasteiger partial charge in [0.2, 0.25) is 0 Å². The Morgan fingerprint density at radius 2 is 1.76 bits per heavy atom. The van der Waals surface area contributed by atoms with Crippen LogP contribution in [0.15, 0.2) is 67.1 Å². The number of nitrogen functional groups attached to an aromatic ring is 1. The molecule has 0 saturated heterocycles. The van der Waals surface area contributed by atoms with Crippen molar-refractivity contribution in [3.05, 3.63) is 72.7 Å². The number of imidazole rings is 1. The Morgan fingerprint density at radius 1 is 0.960 bits per heavy atom. The van der Waals surface area contributed by atoms with Crippen molar-refractivity contribution in [2.24, 2.45) is 0 Å². The van der Waals surface area contributed by atoms with Gasteiger partial charge >= 0.3 is 0 Å². The number of rotatable bonds is 4. The average Bonchev–Trinajstić information content (AvgIpc) is 3.06. The largest absolute Gasteiger partial charge is 0.497 e. The van der Waals surface area contributed by atoms with E-state index in [-0.39, 0.29) is 0 Å². The molecule has 0 spiro atoms. The molecule has 0 bridgehead atoms. The molecule has 5 heteroatoms. The zero-order valence-electron chi connectivity index (χ0n) is 13.9. The zero-order valence-corrected chi connectivity index (χ0v) is 13.9. The molecule has 0 unspecified atom stereocenters. The molecule has 0 radical (unpaired) electrons. The van der Waals surface area contributed by atoms with Crippen molar-refractivity contribution in [3.8, 4) is 16.9 Å². The molecule has 4 aromatic rings. The van der Waals surface area contributed by atoms with Gasteiger partial charge in [-0.2, -0.15) is 0 Å². The van der Waals surface area contributed by atoms with Gasteiger partial charge in [-0.25, -0.2) is 9.97 Å². The topological polar surface area (TPSA) is 66.0 Å². The summed E-state index contributed by atoms with van der Waals surface area (Å²) in [6, 6.07) is 18.0. The first kappa shape index (κ1) is 15.2. The Kier molecular flexibility index (Phi) is 3.82. The predicted octanol–water partition coefficient (Wildman–Crippen LogP) is 3.74. The van der Waals surface area contributed by atoms with Crippen molar-refractivity contribution in [3.63, 3.8) is 0 Å². The van der Waals surface area contributed by atoms with E-state index >= 15 is 0 Å². The molecule has 0 amide bonds. The third-order valence-corrected chi connectivity index (χ3v) is 4.29. The fourth-order valence-corrected chi connectivity index (χ4v) is 3.00. The van der Waals surface area contributed by atoms with Gasteiger partial charge in [-0.1, -0.05) is 24.3 Å². The van der Waals surface area contributed by atoms with Crippen LogP contribution in [0.1, 0.15) is 5.56 Å². The van der Waals surface area contributed by atoms with Crippen LogP contribution in [0.4, 0.5) is 5.82 Å². The molecule has 0 aliphatic rings. The number of fused-ring (bicyclic) bond motifs is 1. The lowest BCUT2D eigenvalue weighted by Crippen LogP contribution is -1.98. The third kappa shape index (κ3) is 2.80. The summed E-state index contributed by atoms with van der Waals surface area (Å²) in [6.07, 6.45) is 3.56. The highest BCUT2D eigenvalue weighted by Gasteiger charge is 2.11. The lowest BCUT2D eigenvalue weighted by molar-refractivity contribution is 0.414. The fraction of sp³-hybridized carbons (Fsp3) is 0.100. The van der Waals surface area contributed by atoms with E-state index in [1.807, 2.05) is 42.7 Å². The predicted molar refractivity (Wildman–Crippen MR) is 99.5 cm³/mol. The first-order valence-corrected chi connectivity index (χ1v) is 8.04. The summed E-state index contributed by atoms with van der Waals surface area (Å²) < 4.78 is 7.35. The second-order valence-electron chi connectivity index (χ2n) is 5.83. The number of nitrogens with zero attached hydrogens (tertiary/aromatic N) is 3. The van der Waals surface area contributed by atoms with Crippen LogP contribution in [0.3, 0.4) is 0 Å². The third-order valence-electron chi connectivity index (χ3n) is 4.29. The Hall–Kier alpha value is -3.34. The minimum absolute atomic E-state index is 0.514. The number of pyridine rings is 1. The zero-order chi connectivity index (χ0) is 17.2. The Bertz CT molecular complexity index is 1020. The number of ether oxygens (including phenoxy) is 1. The highest BCUT2D eigenvalue weighted by atomic mass is 16.5. The standard InChI is InChI=1S/C20H18N4O/c1-25-15-9-7-14(8-10-15)12-24-13-23-19-16(4-2-6-18(19)24)17-5-3-11-22-20(17)21/h2-11,13H,12H2,1H3,(H2,21,22). The van der Waals surface area contributed by atoms with Crippen molar-refractivity contribution < 1.29 is 4.74 Å². The molecule has 0 fully saturated rings. The van der Waals surface area contributed by atoms with E-state index in [4.69, 9.17) is 10.5 Å². The van der Waals surface area contributed by atoms with Crippen LogP contribution in [0.2, 0.25) is 0 Å². The maximum Gasteiger partial charge on any atom is 0.131 e. The minimum atomic E-state index is 0.514. The molecular weight excluding hydrogens is 312 g/mol. The summed E-state index contributed by atoms with van der Waals surface area (Å²) in [5.74, 6) is 1.37. The van der Waals surface area contributed by atoms with Crippen LogP contribution in [-0.2, 0) is 6.54 Å². The monoisotopic (exact) mass is 330 g/mol. The van der Waals surface area contributed by atoms with Gasteiger partial charge in [0.05, 0.1) is 24.5 Å². The van der Waals surface area contributed by atoms with Gasteiger partial charge in [0, 0.05) is 23.9 Å². The Labute approximate surface area is 145 Å². The van der Waals surface area contributed by atoms with E-state index < -0.39 is 0 Å². The number of hydrogen-bond donors (Lipinski definition) is 1. The van der Waals surface area contributed by atoms with Crippen LogP contribution in [0.25, 0.3) is 22.2 Å². The van der Waals surface area contributed by atoms with Crippen LogP contribution >= 0.6 is 0 Å². The van der Waals surface area contributed by atoms with Crippen LogP contribution < -0.4 is 10.5 Å². The first-order chi connectivity index (χ1) is 12.3. The quantitative estimate of drug-likeness (QED) is 0.619. The number of para-hydroxylation sites is 1. The number of hydrogen-bond acceptors (Lipinski definition) is 4. The summed E-state index contributed by atoms with van der Waals surface area (Å²) in [6.45, 7) is 0.743.